The second-order valence-electron chi connectivity index (χ2n) is 4.18. The van der Waals surface area contributed by atoms with E-state index in [9.17, 15) is 28.2 Å². The molecule has 0 aromatic heterocycles. The molecule has 1 aromatic carbocycles. The van der Waals surface area contributed by atoms with Crippen molar-refractivity contribution in [2.75, 3.05) is 6.54 Å². The Hall–Kier alpha value is -1.12. The molecule has 2 unspecified atom stereocenters. The summed E-state index contributed by atoms with van der Waals surface area (Å²) < 4.78 is 38.9. The molecule has 20 heavy (non-hydrogen) atoms. The van der Waals surface area contributed by atoms with E-state index in [1.807, 2.05) is 0 Å². The van der Waals surface area contributed by atoms with Crippen molar-refractivity contribution in [3.63, 3.8) is 0 Å². The molecular weight excluding hydrogens is 343 g/mol. The van der Waals surface area contributed by atoms with Gasteiger partial charge in [-0.25, -0.2) is 0 Å². The molecule has 0 aliphatic carbocycles. The van der Waals surface area contributed by atoms with Crippen molar-refractivity contribution < 1.29 is 28.2 Å². The Morgan fingerprint density at radius 1 is 1.40 bits per heavy atom. The van der Waals surface area contributed by atoms with Crippen LogP contribution in [0, 0.1) is 0 Å². The molecule has 0 radical (unpaired) electrons. The molecule has 1 amide bonds. The maximum absolute atomic E-state index is 12.9. The highest BCUT2D eigenvalue weighted by atomic mass is 79.9. The lowest BCUT2D eigenvalue weighted by Gasteiger charge is -2.22. The zero-order valence-corrected chi connectivity index (χ0v) is 12.0. The standard InChI is InChI=1S/C12H13BrF3NO3/c1-6(18)17-5-10(19)11(20)8-3-2-7(13)4-9(8)12(14,15)16/h2-4,10-11,19-20H,5H2,1H3,(H,17,18). The predicted octanol–water partition coefficient (Wildman–Crippen LogP) is 2.00. The van der Waals surface area contributed by atoms with Crippen LogP contribution in [0.5, 0.6) is 0 Å². The maximum atomic E-state index is 12.9. The number of carbonyl (C=O) groups is 1. The fourth-order valence-electron chi connectivity index (χ4n) is 1.60. The Kier molecular flexibility index (Phi) is 5.55. The van der Waals surface area contributed by atoms with Gasteiger partial charge in [0.1, 0.15) is 12.2 Å². The van der Waals surface area contributed by atoms with Gasteiger partial charge in [0, 0.05) is 17.9 Å². The summed E-state index contributed by atoms with van der Waals surface area (Å²) in [6, 6.07) is 3.23. The van der Waals surface area contributed by atoms with Crippen LogP contribution in [0.2, 0.25) is 0 Å². The molecule has 0 spiro atoms. The molecule has 0 aliphatic heterocycles. The van der Waals surface area contributed by atoms with Crippen LogP contribution < -0.4 is 5.32 Å². The summed E-state index contributed by atoms with van der Waals surface area (Å²) in [5, 5.41) is 21.7. The van der Waals surface area contributed by atoms with E-state index < -0.39 is 35.4 Å². The molecule has 2 atom stereocenters. The third kappa shape index (κ3) is 4.46. The second kappa shape index (κ2) is 6.55. The number of amides is 1. The summed E-state index contributed by atoms with van der Waals surface area (Å²) in [4.78, 5) is 10.7. The number of benzene rings is 1. The van der Waals surface area contributed by atoms with Crippen molar-refractivity contribution in [1.82, 2.24) is 5.32 Å². The molecule has 1 rings (SSSR count). The molecule has 0 fully saturated rings. The zero-order chi connectivity index (χ0) is 15.5. The predicted molar refractivity (Wildman–Crippen MR) is 68.8 cm³/mol. The first-order valence-electron chi connectivity index (χ1n) is 5.60. The van der Waals surface area contributed by atoms with Gasteiger partial charge >= 0.3 is 6.18 Å². The van der Waals surface area contributed by atoms with Gasteiger partial charge in [-0.2, -0.15) is 13.2 Å². The molecular formula is C12H13BrF3NO3. The molecule has 3 N–H and O–H groups in total. The Morgan fingerprint density at radius 2 is 2.00 bits per heavy atom. The molecule has 0 bridgehead atoms. The Bertz CT molecular complexity index is 493. The molecule has 0 heterocycles. The highest BCUT2D eigenvalue weighted by molar-refractivity contribution is 9.10. The van der Waals surface area contributed by atoms with Crippen LogP contribution in [0.3, 0.4) is 0 Å². The second-order valence-corrected chi connectivity index (χ2v) is 5.09. The molecule has 112 valence electrons. The minimum atomic E-state index is -4.66. The van der Waals surface area contributed by atoms with Crippen LogP contribution in [0.25, 0.3) is 0 Å². The van der Waals surface area contributed by atoms with Crippen LogP contribution >= 0.6 is 15.9 Å². The van der Waals surface area contributed by atoms with E-state index in [4.69, 9.17) is 0 Å². The topological polar surface area (TPSA) is 69.6 Å². The summed E-state index contributed by atoms with van der Waals surface area (Å²) >= 11 is 2.92. The Balaban J connectivity index is 3.03. The average molecular weight is 356 g/mol. The number of alkyl halides is 3. The summed E-state index contributed by atoms with van der Waals surface area (Å²) in [5.74, 6) is -0.455. The van der Waals surface area contributed by atoms with Gasteiger partial charge in [0.25, 0.3) is 0 Å². The largest absolute Gasteiger partial charge is 0.416 e. The molecule has 4 nitrogen and oxygen atoms in total. The number of nitrogens with one attached hydrogen (secondary N) is 1. The first-order chi connectivity index (χ1) is 9.12. The minimum absolute atomic E-state index is 0.206. The normalized spacial score (nSPS) is 14.8. The van der Waals surface area contributed by atoms with Crippen molar-refractivity contribution in [3.8, 4) is 0 Å². The fourth-order valence-corrected chi connectivity index (χ4v) is 1.96. The number of rotatable bonds is 4. The van der Waals surface area contributed by atoms with Crippen molar-refractivity contribution in [3.05, 3.63) is 33.8 Å². The summed E-state index contributed by atoms with van der Waals surface area (Å²) in [7, 11) is 0. The Labute approximate surface area is 121 Å². The van der Waals surface area contributed by atoms with Crippen molar-refractivity contribution in [2.45, 2.75) is 25.3 Å². The van der Waals surface area contributed by atoms with Gasteiger partial charge in [-0.15, -0.1) is 0 Å². The minimum Gasteiger partial charge on any atom is -0.388 e. The van der Waals surface area contributed by atoms with Crippen LogP contribution in [0.1, 0.15) is 24.2 Å². The van der Waals surface area contributed by atoms with Gasteiger partial charge in [0.2, 0.25) is 5.91 Å². The third-order valence-corrected chi connectivity index (χ3v) is 3.06. The number of halogens is 4. The lowest BCUT2D eigenvalue weighted by molar-refractivity contribution is -0.140. The Morgan fingerprint density at radius 3 is 2.50 bits per heavy atom. The van der Waals surface area contributed by atoms with Crippen molar-refractivity contribution in [1.29, 1.82) is 0 Å². The molecule has 8 heteroatoms. The third-order valence-electron chi connectivity index (χ3n) is 2.56. The SMILES string of the molecule is CC(=O)NCC(O)C(O)c1ccc(Br)cc1C(F)(F)F. The van der Waals surface area contributed by atoms with E-state index in [0.29, 0.717) is 0 Å². The van der Waals surface area contributed by atoms with Crippen LogP contribution in [-0.2, 0) is 11.0 Å². The van der Waals surface area contributed by atoms with Crippen LogP contribution in [0.4, 0.5) is 13.2 Å². The van der Waals surface area contributed by atoms with E-state index in [-0.39, 0.29) is 11.0 Å². The van der Waals surface area contributed by atoms with Gasteiger partial charge in [0.05, 0.1) is 5.56 Å². The van der Waals surface area contributed by atoms with E-state index >= 15 is 0 Å². The van der Waals surface area contributed by atoms with E-state index in [2.05, 4.69) is 21.2 Å². The van der Waals surface area contributed by atoms with Gasteiger partial charge in [0.15, 0.2) is 0 Å². The number of aliphatic hydroxyl groups is 2. The summed E-state index contributed by atoms with van der Waals surface area (Å²) in [6.45, 7) is 0.851. The smallest absolute Gasteiger partial charge is 0.388 e. The number of hydrogen-bond donors (Lipinski definition) is 3. The fraction of sp³-hybridized carbons (Fsp3) is 0.417. The monoisotopic (exact) mass is 355 g/mol. The van der Waals surface area contributed by atoms with Crippen LogP contribution in [-0.4, -0.2) is 28.8 Å². The van der Waals surface area contributed by atoms with E-state index in [1.54, 1.807) is 0 Å². The van der Waals surface area contributed by atoms with Gasteiger partial charge in [-0.3, -0.25) is 4.79 Å². The van der Waals surface area contributed by atoms with Gasteiger partial charge < -0.3 is 15.5 Å². The van der Waals surface area contributed by atoms with Gasteiger partial charge in [-0.1, -0.05) is 22.0 Å². The highest BCUT2D eigenvalue weighted by Gasteiger charge is 2.36. The number of hydrogen-bond acceptors (Lipinski definition) is 3. The van der Waals surface area contributed by atoms with Crippen LogP contribution in [0.15, 0.2) is 22.7 Å². The van der Waals surface area contributed by atoms with Gasteiger partial charge in [-0.05, 0) is 17.7 Å². The maximum Gasteiger partial charge on any atom is 0.416 e. The van der Waals surface area contributed by atoms with E-state index in [0.717, 1.165) is 12.1 Å². The molecule has 0 aliphatic rings. The number of carbonyl (C=O) groups excluding carboxylic acids is 1. The first kappa shape index (κ1) is 16.9. The molecule has 1 aromatic rings. The lowest BCUT2D eigenvalue weighted by atomic mass is 9.98. The molecule has 0 saturated carbocycles. The first-order valence-corrected chi connectivity index (χ1v) is 6.39. The quantitative estimate of drug-likeness (QED) is 0.773. The summed E-state index contributed by atoms with van der Waals surface area (Å²) in [5.41, 5.74) is -1.49. The lowest BCUT2D eigenvalue weighted by Crippen LogP contribution is -2.34. The zero-order valence-electron chi connectivity index (χ0n) is 10.4. The number of aliphatic hydroxyl groups excluding tert-OH is 2. The summed E-state index contributed by atoms with van der Waals surface area (Å²) in [6.07, 6.45) is -7.96. The van der Waals surface area contributed by atoms with Crippen molar-refractivity contribution in [2.24, 2.45) is 0 Å². The van der Waals surface area contributed by atoms with E-state index in [1.165, 1.54) is 13.0 Å². The molecule has 0 saturated heterocycles. The average Bonchev–Trinajstić information content (AvgIpc) is 2.33. The highest BCUT2D eigenvalue weighted by Crippen LogP contribution is 2.37. The van der Waals surface area contributed by atoms with Crippen molar-refractivity contribution >= 4 is 21.8 Å².